The number of anilines is 1. The highest BCUT2D eigenvalue weighted by molar-refractivity contribution is 5.82. The molecule has 0 bridgehead atoms. The van der Waals surface area contributed by atoms with E-state index < -0.39 is 0 Å². The quantitative estimate of drug-likeness (QED) is 0.378. The minimum atomic E-state index is 0.145. The Balaban J connectivity index is 2.40. The summed E-state index contributed by atoms with van der Waals surface area (Å²) in [4.78, 5) is 12.2. The number of aliphatic imine (C=N–C) groups is 3. The Bertz CT molecular complexity index is 611. The lowest BCUT2D eigenvalue weighted by atomic mass is 9.94. The molecule has 0 amide bonds. The Kier molecular flexibility index (Phi) is 4.44. The molecule has 102 valence electrons. The van der Waals surface area contributed by atoms with E-state index in [1.165, 1.54) is 6.34 Å². The molecule has 0 spiro atoms. The van der Waals surface area contributed by atoms with Crippen LogP contribution in [0.2, 0.25) is 0 Å². The lowest BCUT2D eigenvalue weighted by Gasteiger charge is -2.14. The summed E-state index contributed by atoms with van der Waals surface area (Å²) in [6, 6.07) is 5.87. The van der Waals surface area contributed by atoms with Gasteiger partial charge in [-0.1, -0.05) is 18.7 Å². The van der Waals surface area contributed by atoms with Crippen LogP contribution in [0.15, 0.2) is 52.0 Å². The van der Waals surface area contributed by atoms with Crippen molar-refractivity contribution in [3.8, 4) is 0 Å². The van der Waals surface area contributed by atoms with Gasteiger partial charge in [-0.15, -0.1) is 0 Å². The molecule has 1 aliphatic heterocycles. The average molecular weight is 267 g/mol. The second-order valence-electron chi connectivity index (χ2n) is 4.36. The van der Waals surface area contributed by atoms with Gasteiger partial charge >= 0.3 is 0 Å². The zero-order chi connectivity index (χ0) is 14.4. The van der Waals surface area contributed by atoms with Crippen molar-refractivity contribution in [3.05, 3.63) is 48.2 Å². The maximum absolute atomic E-state index is 5.98. The van der Waals surface area contributed by atoms with Gasteiger partial charge < -0.3 is 11.5 Å². The highest BCUT2D eigenvalue weighted by Crippen LogP contribution is 2.25. The summed E-state index contributed by atoms with van der Waals surface area (Å²) in [6.07, 6.45) is 8.05. The van der Waals surface area contributed by atoms with Crippen molar-refractivity contribution >= 4 is 30.2 Å². The lowest BCUT2D eigenvalue weighted by Crippen LogP contribution is -2.09. The van der Waals surface area contributed by atoms with Gasteiger partial charge in [0, 0.05) is 24.0 Å². The van der Waals surface area contributed by atoms with Crippen LogP contribution in [0, 0.1) is 0 Å². The van der Waals surface area contributed by atoms with Crippen LogP contribution in [-0.2, 0) is 0 Å². The molecule has 0 saturated carbocycles. The van der Waals surface area contributed by atoms with E-state index in [9.17, 15) is 0 Å². The summed E-state index contributed by atoms with van der Waals surface area (Å²) in [5.74, 6) is 0.145. The SMILES string of the molecule is C=C/C(=C\N=C/N)c1cc(N)cc(C2C=NC=NC2)c1. The molecule has 0 fully saturated rings. The number of nitrogens with two attached hydrogens (primary N) is 2. The molecule has 2 rings (SSSR count). The molecule has 1 aliphatic rings. The Hall–Kier alpha value is -2.69. The molecule has 1 aromatic carbocycles. The number of nitrogens with zero attached hydrogens (tertiary/aromatic N) is 3. The topological polar surface area (TPSA) is 89.1 Å². The van der Waals surface area contributed by atoms with E-state index in [0.29, 0.717) is 12.2 Å². The number of hydrogen-bond donors (Lipinski definition) is 2. The zero-order valence-electron chi connectivity index (χ0n) is 11.1. The van der Waals surface area contributed by atoms with Crippen LogP contribution in [0.3, 0.4) is 0 Å². The largest absolute Gasteiger partial charge is 0.399 e. The van der Waals surface area contributed by atoms with Crippen LogP contribution >= 0.6 is 0 Å². The summed E-state index contributed by atoms with van der Waals surface area (Å²) in [7, 11) is 0. The fourth-order valence-corrected chi connectivity index (χ4v) is 2.01. The lowest BCUT2D eigenvalue weighted by molar-refractivity contribution is 0.896. The Labute approximate surface area is 118 Å². The van der Waals surface area contributed by atoms with Gasteiger partial charge in [0.2, 0.25) is 0 Å². The summed E-state index contributed by atoms with van der Waals surface area (Å²) in [5.41, 5.74) is 14.8. The smallest absolute Gasteiger partial charge is 0.109 e. The third kappa shape index (κ3) is 3.20. The minimum absolute atomic E-state index is 0.145. The predicted molar refractivity (Wildman–Crippen MR) is 86.3 cm³/mol. The number of benzene rings is 1. The Morgan fingerprint density at radius 2 is 2.25 bits per heavy atom. The monoisotopic (exact) mass is 267 g/mol. The number of hydrogen-bond acceptors (Lipinski definition) is 4. The van der Waals surface area contributed by atoms with E-state index in [2.05, 4.69) is 21.6 Å². The molecule has 20 heavy (non-hydrogen) atoms. The standard InChI is InChI=1S/C15H17N5/c1-2-11(6-18-9-16)12-3-13(5-15(17)4-12)14-7-19-10-20-8-14/h2-7,9-10,14H,1,8,17H2,(H2,16,18)/b11-6+. The maximum Gasteiger partial charge on any atom is 0.109 e. The normalized spacial score (nSPS) is 18.6. The molecule has 5 heteroatoms. The summed E-state index contributed by atoms with van der Waals surface area (Å²) < 4.78 is 0. The van der Waals surface area contributed by atoms with E-state index in [1.807, 2.05) is 24.4 Å². The molecular formula is C15H17N5. The molecule has 0 aliphatic carbocycles. The van der Waals surface area contributed by atoms with Gasteiger partial charge in [-0.25, -0.2) is 9.98 Å². The van der Waals surface area contributed by atoms with Crippen molar-refractivity contribution in [2.45, 2.75) is 5.92 Å². The van der Waals surface area contributed by atoms with Gasteiger partial charge in [-0.2, -0.15) is 0 Å². The number of nitrogen functional groups attached to an aromatic ring is 1. The molecule has 0 aromatic heterocycles. The second-order valence-corrected chi connectivity index (χ2v) is 4.36. The summed E-state index contributed by atoms with van der Waals surface area (Å²) in [6.45, 7) is 4.47. The Morgan fingerprint density at radius 3 is 2.90 bits per heavy atom. The Morgan fingerprint density at radius 1 is 1.40 bits per heavy atom. The first-order valence-corrected chi connectivity index (χ1v) is 6.23. The van der Waals surface area contributed by atoms with Crippen molar-refractivity contribution in [3.63, 3.8) is 0 Å². The van der Waals surface area contributed by atoms with Crippen LogP contribution in [0.4, 0.5) is 5.69 Å². The molecule has 0 saturated heterocycles. The third-order valence-electron chi connectivity index (χ3n) is 2.98. The molecule has 1 atom stereocenters. The maximum atomic E-state index is 5.98. The summed E-state index contributed by atoms with van der Waals surface area (Å²) >= 11 is 0. The minimum Gasteiger partial charge on any atom is -0.399 e. The fraction of sp³-hybridized carbons (Fsp3) is 0.133. The number of allylic oxidation sites excluding steroid dienone is 2. The fourth-order valence-electron chi connectivity index (χ4n) is 2.01. The van der Waals surface area contributed by atoms with E-state index >= 15 is 0 Å². The van der Waals surface area contributed by atoms with Crippen LogP contribution in [0.1, 0.15) is 17.0 Å². The van der Waals surface area contributed by atoms with Crippen molar-refractivity contribution < 1.29 is 0 Å². The first-order valence-electron chi connectivity index (χ1n) is 6.23. The van der Waals surface area contributed by atoms with Crippen molar-refractivity contribution in [1.82, 2.24) is 0 Å². The number of rotatable bonds is 4. The third-order valence-corrected chi connectivity index (χ3v) is 2.98. The highest BCUT2D eigenvalue weighted by atomic mass is 14.9. The highest BCUT2D eigenvalue weighted by Gasteiger charge is 2.12. The molecule has 1 heterocycles. The van der Waals surface area contributed by atoms with Gasteiger partial charge in [0.1, 0.15) is 6.34 Å². The molecule has 1 aromatic rings. The van der Waals surface area contributed by atoms with Crippen LogP contribution in [0.25, 0.3) is 5.57 Å². The molecule has 4 N–H and O–H groups in total. The molecule has 5 nitrogen and oxygen atoms in total. The van der Waals surface area contributed by atoms with Gasteiger partial charge in [0.25, 0.3) is 0 Å². The van der Waals surface area contributed by atoms with Crippen LogP contribution in [0.5, 0.6) is 0 Å². The van der Waals surface area contributed by atoms with E-state index in [-0.39, 0.29) is 5.92 Å². The summed E-state index contributed by atoms with van der Waals surface area (Å²) in [5, 5.41) is 0. The van der Waals surface area contributed by atoms with Crippen LogP contribution < -0.4 is 11.5 Å². The van der Waals surface area contributed by atoms with Gasteiger partial charge in [-0.3, -0.25) is 4.99 Å². The zero-order valence-corrected chi connectivity index (χ0v) is 11.1. The predicted octanol–water partition coefficient (Wildman–Crippen LogP) is 1.98. The molecule has 1 unspecified atom stereocenters. The van der Waals surface area contributed by atoms with Crippen LogP contribution in [-0.4, -0.2) is 25.4 Å². The van der Waals surface area contributed by atoms with Gasteiger partial charge in [0.05, 0.1) is 12.9 Å². The van der Waals surface area contributed by atoms with E-state index in [0.717, 1.165) is 16.7 Å². The van der Waals surface area contributed by atoms with Gasteiger partial charge in [0.15, 0.2) is 0 Å². The first-order chi connectivity index (χ1) is 9.74. The van der Waals surface area contributed by atoms with E-state index in [4.69, 9.17) is 11.5 Å². The van der Waals surface area contributed by atoms with Crippen molar-refractivity contribution in [2.75, 3.05) is 12.3 Å². The van der Waals surface area contributed by atoms with Crippen molar-refractivity contribution in [1.29, 1.82) is 0 Å². The molecular weight excluding hydrogens is 250 g/mol. The second kappa shape index (κ2) is 6.47. The van der Waals surface area contributed by atoms with Crippen molar-refractivity contribution in [2.24, 2.45) is 20.7 Å². The van der Waals surface area contributed by atoms with Gasteiger partial charge in [-0.05, 0) is 28.8 Å². The molecule has 0 radical (unpaired) electrons. The average Bonchev–Trinajstić information content (AvgIpc) is 2.48. The first kappa shape index (κ1) is 13.7. The van der Waals surface area contributed by atoms with E-state index in [1.54, 1.807) is 18.6 Å².